The van der Waals surface area contributed by atoms with Crippen molar-refractivity contribution < 1.29 is 14.3 Å². The van der Waals surface area contributed by atoms with E-state index in [2.05, 4.69) is 21.2 Å². The maximum Gasteiger partial charge on any atom is 0.330 e. The van der Waals surface area contributed by atoms with Crippen LogP contribution in [0, 0.1) is 0 Å². The Morgan fingerprint density at radius 2 is 2.00 bits per heavy atom. The smallest absolute Gasteiger partial charge is 0.330 e. The Kier molecular flexibility index (Phi) is 5.42. The molecule has 1 aromatic rings. The first kappa shape index (κ1) is 13.4. The van der Waals surface area contributed by atoms with Gasteiger partial charge in [0, 0.05) is 16.2 Å². The zero-order valence-electron chi connectivity index (χ0n) is 9.27. The number of amides is 1. The van der Waals surface area contributed by atoms with E-state index < -0.39 is 5.97 Å². The van der Waals surface area contributed by atoms with Crippen molar-refractivity contribution in [1.29, 1.82) is 0 Å². The number of rotatable bonds is 4. The number of anilines is 1. The fraction of sp³-hybridized carbons (Fsp3) is 0.167. The molecule has 0 heterocycles. The highest BCUT2D eigenvalue weighted by Crippen LogP contribution is 2.13. The zero-order chi connectivity index (χ0) is 12.7. The summed E-state index contributed by atoms with van der Waals surface area (Å²) in [6.07, 6.45) is 2.81. The van der Waals surface area contributed by atoms with Crippen LogP contribution in [0.15, 0.2) is 40.9 Å². The second-order valence-corrected chi connectivity index (χ2v) is 4.08. The van der Waals surface area contributed by atoms with Crippen LogP contribution in [0.5, 0.6) is 0 Å². The Morgan fingerprint density at radius 3 is 2.59 bits per heavy atom. The summed E-state index contributed by atoms with van der Waals surface area (Å²) >= 11 is 3.29. The van der Waals surface area contributed by atoms with Gasteiger partial charge in [0.1, 0.15) is 0 Å². The molecule has 1 aromatic carbocycles. The summed E-state index contributed by atoms with van der Waals surface area (Å²) in [5.41, 5.74) is 0.653. The quantitative estimate of drug-likeness (QED) is 0.686. The molecule has 0 spiro atoms. The number of hydrogen-bond donors (Lipinski definition) is 1. The van der Waals surface area contributed by atoms with Gasteiger partial charge in [-0.2, -0.15) is 0 Å². The van der Waals surface area contributed by atoms with Gasteiger partial charge in [-0.3, -0.25) is 4.79 Å². The first-order chi connectivity index (χ1) is 8.11. The normalized spacial score (nSPS) is 10.2. The molecule has 0 fully saturated rings. The molecule has 0 unspecified atom stereocenters. The van der Waals surface area contributed by atoms with E-state index in [0.29, 0.717) is 5.69 Å². The number of carbonyl (C=O) groups excluding carboxylic acids is 2. The number of ether oxygens (including phenoxy) is 1. The number of carbonyl (C=O) groups is 2. The number of esters is 1. The van der Waals surface area contributed by atoms with Crippen molar-refractivity contribution >= 4 is 33.5 Å². The van der Waals surface area contributed by atoms with Gasteiger partial charge in [-0.1, -0.05) is 22.0 Å². The van der Waals surface area contributed by atoms with Crippen LogP contribution in [-0.2, 0) is 14.3 Å². The van der Waals surface area contributed by atoms with Crippen molar-refractivity contribution in [3.63, 3.8) is 0 Å². The summed E-state index contributed by atoms with van der Waals surface area (Å²) in [6.45, 7) is 1.41. The molecule has 0 saturated heterocycles. The van der Waals surface area contributed by atoms with E-state index in [-0.39, 0.29) is 12.5 Å². The van der Waals surface area contributed by atoms with E-state index in [4.69, 9.17) is 4.74 Å². The molecule has 0 aliphatic rings. The lowest BCUT2D eigenvalue weighted by Crippen LogP contribution is -2.20. The Balaban J connectivity index is 2.39. The van der Waals surface area contributed by atoms with Crippen LogP contribution in [-0.4, -0.2) is 18.5 Å². The Labute approximate surface area is 108 Å². The predicted octanol–water partition coefficient (Wildman–Crippen LogP) is 2.51. The van der Waals surface area contributed by atoms with E-state index in [1.165, 1.54) is 6.08 Å². The van der Waals surface area contributed by atoms with Crippen LogP contribution in [0.1, 0.15) is 6.92 Å². The largest absolute Gasteiger partial charge is 0.452 e. The minimum atomic E-state index is -0.529. The molecule has 1 amide bonds. The summed E-state index contributed by atoms with van der Waals surface area (Å²) in [5.74, 6) is -0.899. The van der Waals surface area contributed by atoms with E-state index in [1.807, 2.05) is 0 Å². The van der Waals surface area contributed by atoms with Crippen LogP contribution in [0.25, 0.3) is 0 Å². The van der Waals surface area contributed by atoms with E-state index in [1.54, 1.807) is 37.3 Å². The van der Waals surface area contributed by atoms with Crippen molar-refractivity contribution in [1.82, 2.24) is 0 Å². The SMILES string of the molecule is C/C=C/C(=O)OCC(=O)Nc1ccc(Br)cc1. The van der Waals surface area contributed by atoms with Crippen LogP contribution in [0.3, 0.4) is 0 Å². The first-order valence-corrected chi connectivity index (χ1v) is 5.76. The second kappa shape index (κ2) is 6.85. The molecule has 0 atom stereocenters. The Bertz CT molecular complexity index is 426. The molecule has 0 aliphatic heterocycles. The van der Waals surface area contributed by atoms with E-state index >= 15 is 0 Å². The van der Waals surface area contributed by atoms with Crippen molar-refractivity contribution in [2.75, 3.05) is 11.9 Å². The average Bonchev–Trinajstić information content (AvgIpc) is 2.30. The average molecular weight is 298 g/mol. The van der Waals surface area contributed by atoms with Gasteiger partial charge in [0.05, 0.1) is 0 Å². The van der Waals surface area contributed by atoms with Gasteiger partial charge in [-0.25, -0.2) is 4.79 Å². The lowest BCUT2D eigenvalue weighted by atomic mass is 10.3. The molecule has 0 aliphatic carbocycles. The monoisotopic (exact) mass is 297 g/mol. The molecular weight excluding hydrogens is 286 g/mol. The lowest BCUT2D eigenvalue weighted by molar-refractivity contribution is -0.142. The zero-order valence-corrected chi connectivity index (χ0v) is 10.9. The third-order valence-corrected chi connectivity index (χ3v) is 2.30. The molecule has 1 N–H and O–H groups in total. The third kappa shape index (κ3) is 5.31. The molecular formula is C12H12BrNO3. The van der Waals surface area contributed by atoms with Gasteiger partial charge >= 0.3 is 5.97 Å². The summed E-state index contributed by atoms with van der Waals surface area (Å²) < 4.78 is 5.62. The standard InChI is InChI=1S/C12H12BrNO3/c1-2-3-12(16)17-8-11(15)14-10-6-4-9(13)5-7-10/h2-7H,8H2,1H3,(H,14,15)/b3-2+. The van der Waals surface area contributed by atoms with Crippen molar-refractivity contribution in [3.8, 4) is 0 Å². The Morgan fingerprint density at radius 1 is 1.35 bits per heavy atom. The maximum atomic E-state index is 11.4. The van der Waals surface area contributed by atoms with Crippen LogP contribution in [0.4, 0.5) is 5.69 Å². The minimum absolute atomic E-state index is 0.292. The van der Waals surface area contributed by atoms with Crippen LogP contribution in [0.2, 0.25) is 0 Å². The number of nitrogens with one attached hydrogen (secondary N) is 1. The van der Waals surface area contributed by atoms with Gasteiger partial charge in [0.25, 0.3) is 5.91 Å². The number of hydrogen-bond acceptors (Lipinski definition) is 3. The highest BCUT2D eigenvalue weighted by atomic mass is 79.9. The van der Waals surface area contributed by atoms with Crippen LogP contribution >= 0.6 is 15.9 Å². The molecule has 90 valence electrons. The predicted molar refractivity (Wildman–Crippen MR) is 68.5 cm³/mol. The van der Waals surface area contributed by atoms with Crippen molar-refractivity contribution in [3.05, 3.63) is 40.9 Å². The summed E-state index contributed by atoms with van der Waals surface area (Å²) in [6, 6.07) is 7.11. The molecule has 1 rings (SSSR count). The fourth-order valence-electron chi connectivity index (χ4n) is 1.05. The number of allylic oxidation sites excluding steroid dienone is 1. The topological polar surface area (TPSA) is 55.4 Å². The van der Waals surface area contributed by atoms with Gasteiger partial charge in [-0.15, -0.1) is 0 Å². The summed E-state index contributed by atoms with van der Waals surface area (Å²) in [4.78, 5) is 22.3. The minimum Gasteiger partial charge on any atom is -0.452 e. The second-order valence-electron chi connectivity index (χ2n) is 3.16. The maximum absolute atomic E-state index is 11.4. The molecule has 0 radical (unpaired) electrons. The first-order valence-electron chi connectivity index (χ1n) is 4.96. The molecule has 0 bridgehead atoms. The fourth-order valence-corrected chi connectivity index (χ4v) is 1.32. The highest BCUT2D eigenvalue weighted by Gasteiger charge is 2.05. The number of benzene rings is 1. The van der Waals surface area contributed by atoms with Crippen LogP contribution < -0.4 is 5.32 Å². The van der Waals surface area contributed by atoms with Gasteiger partial charge < -0.3 is 10.1 Å². The number of halogens is 1. The van der Waals surface area contributed by atoms with E-state index in [0.717, 1.165) is 4.47 Å². The lowest BCUT2D eigenvalue weighted by Gasteiger charge is -2.05. The molecule has 4 nitrogen and oxygen atoms in total. The van der Waals surface area contributed by atoms with Gasteiger partial charge in [-0.05, 0) is 31.2 Å². The summed E-state index contributed by atoms with van der Waals surface area (Å²) in [5, 5.41) is 2.61. The molecule has 0 aromatic heterocycles. The van der Waals surface area contributed by atoms with Crippen molar-refractivity contribution in [2.45, 2.75) is 6.92 Å². The molecule has 0 saturated carbocycles. The summed E-state index contributed by atoms with van der Waals surface area (Å²) in [7, 11) is 0. The van der Waals surface area contributed by atoms with Gasteiger partial charge in [0.2, 0.25) is 0 Å². The Hall–Kier alpha value is -1.62. The third-order valence-electron chi connectivity index (χ3n) is 1.78. The van der Waals surface area contributed by atoms with Gasteiger partial charge in [0.15, 0.2) is 6.61 Å². The molecule has 5 heteroatoms. The molecule has 17 heavy (non-hydrogen) atoms. The van der Waals surface area contributed by atoms with Crippen molar-refractivity contribution in [2.24, 2.45) is 0 Å². The highest BCUT2D eigenvalue weighted by molar-refractivity contribution is 9.10. The van der Waals surface area contributed by atoms with E-state index in [9.17, 15) is 9.59 Å².